The van der Waals surface area contributed by atoms with Crippen LogP contribution in [0.15, 0.2) is 36.7 Å². The Hall–Kier alpha value is -3.24. The molecule has 0 fully saturated rings. The van der Waals surface area contributed by atoms with E-state index in [2.05, 4.69) is 15.4 Å². The first-order chi connectivity index (χ1) is 13.8. The number of aromatic nitrogens is 3. The van der Waals surface area contributed by atoms with Gasteiger partial charge in [0.2, 0.25) is 0 Å². The second-order valence-electron chi connectivity index (χ2n) is 6.31. The van der Waals surface area contributed by atoms with Crippen LogP contribution in [0.3, 0.4) is 0 Å². The Morgan fingerprint density at radius 3 is 2.34 bits per heavy atom. The van der Waals surface area contributed by atoms with Crippen molar-refractivity contribution in [2.24, 2.45) is 7.05 Å². The van der Waals surface area contributed by atoms with Crippen LogP contribution in [-0.4, -0.2) is 44.1 Å². The maximum atomic E-state index is 14.6. The van der Waals surface area contributed by atoms with Crippen LogP contribution in [0.4, 0.5) is 18.9 Å². The van der Waals surface area contributed by atoms with Crippen LogP contribution >= 0.6 is 0 Å². The van der Waals surface area contributed by atoms with Gasteiger partial charge in [-0.3, -0.25) is 9.48 Å². The maximum Gasteiger partial charge on any atom is 0.274 e. The van der Waals surface area contributed by atoms with Crippen LogP contribution < -0.4 is 5.32 Å². The molecule has 7 nitrogen and oxygen atoms in total. The lowest BCUT2D eigenvalue weighted by atomic mass is 9.97. The van der Waals surface area contributed by atoms with Gasteiger partial charge in [-0.05, 0) is 29.8 Å². The number of aryl methyl sites for hydroxylation is 1. The minimum absolute atomic E-state index is 0.0135. The molecule has 0 aliphatic carbocycles. The van der Waals surface area contributed by atoms with Gasteiger partial charge >= 0.3 is 0 Å². The fraction of sp³-hybridized carbons (Fsp3) is 0.211. The summed E-state index contributed by atoms with van der Waals surface area (Å²) in [5.74, 6) is -4.89. The molecule has 10 heteroatoms. The van der Waals surface area contributed by atoms with Crippen molar-refractivity contribution >= 4 is 11.6 Å². The minimum atomic E-state index is -1.14. The van der Waals surface area contributed by atoms with E-state index in [1.165, 1.54) is 17.1 Å². The molecule has 0 aliphatic heterocycles. The SMILES string of the molecule is Cn1cc(NC(=O)c2ccc(F)c(-c3c(F)cc(C(CO)CO)cc3F)n2)cn1. The van der Waals surface area contributed by atoms with Crippen molar-refractivity contribution in [2.45, 2.75) is 5.92 Å². The summed E-state index contributed by atoms with van der Waals surface area (Å²) in [4.78, 5) is 16.1. The van der Waals surface area contributed by atoms with Gasteiger partial charge in [-0.2, -0.15) is 5.10 Å². The van der Waals surface area contributed by atoms with E-state index in [9.17, 15) is 28.2 Å². The van der Waals surface area contributed by atoms with E-state index in [1.807, 2.05) is 0 Å². The smallest absolute Gasteiger partial charge is 0.274 e. The number of aliphatic hydroxyl groups excluding tert-OH is 2. The number of pyridine rings is 1. The van der Waals surface area contributed by atoms with E-state index >= 15 is 0 Å². The van der Waals surface area contributed by atoms with Crippen LogP contribution in [0.25, 0.3) is 11.3 Å². The normalized spacial score (nSPS) is 11.1. The summed E-state index contributed by atoms with van der Waals surface area (Å²) in [5.41, 5.74) is -1.30. The van der Waals surface area contributed by atoms with Crippen molar-refractivity contribution in [3.05, 3.63) is 65.4 Å². The molecule has 29 heavy (non-hydrogen) atoms. The molecule has 0 atom stereocenters. The van der Waals surface area contributed by atoms with Gasteiger partial charge in [-0.1, -0.05) is 0 Å². The van der Waals surface area contributed by atoms with Gasteiger partial charge in [-0.25, -0.2) is 18.2 Å². The first kappa shape index (κ1) is 20.5. The lowest BCUT2D eigenvalue weighted by Crippen LogP contribution is -2.14. The summed E-state index contributed by atoms with van der Waals surface area (Å²) in [6, 6.07) is 3.75. The highest BCUT2D eigenvalue weighted by molar-refractivity contribution is 6.03. The minimum Gasteiger partial charge on any atom is -0.396 e. The van der Waals surface area contributed by atoms with E-state index < -0.39 is 53.7 Å². The number of aliphatic hydroxyl groups is 2. The first-order valence-corrected chi connectivity index (χ1v) is 8.51. The first-order valence-electron chi connectivity index (χ1n) is 8.51. The number of hydrogen-bond acceptors (Lipinski definition) is 5. The number of benzene rings is 1. The number of anilines is 1. The Balaban J connectivity index is 1.98. The van der Waals surface area contributed by atoms with Gasteiger partial charge in [0.05, 0.1) is 30.7 Å². The van der Waals surface area contributed by atoms with Crippen molar-refractivity contribution in [1.82, 2.24) is 14.8 Å². The molecule has 0 bridgehead atoms. The third-order valence-corrected chi connectivity index (χ3v) is 4.25. The number of nitrogens with one attached hydrogen (secondary N) is 1. The van der Waals surface area contributed by atoms with Gasteiger partial charge in [0, 0.05) is 19.2 Å². The Morgan fingerprint density at radius 1 is 1.14 bits per heavy atom. The molecular weight excluding hydrogens is 389 g/mol. The molecule has 152 valence electrons. The zero-order valence-electron chi connectivity index (χ0n) is 15.2. The third kappa shape index (κ3) is 4.28. The van der Waals surface area contributed by atoms with Crippen LogP contribution in [-0.2, 0) is 7.05 Å². The van der Waals surface area contributed by atoms with E-state index in [0.717, 1.165) is 24.3 Å². The van der Waals surface area contributed by atoms with Gasteiger partial charge in [0.25, 0.3) is 5.91 Å². The number of amides is 1. The molecule has 0 saturated heterocycles. The van der Waals surface area contributed by atoms with Crippen LogP contribution in [0.1, 0.15) is 22.0 Å². The number of nitrogens with zero attached hydrogens (tertiary/aromatic N) is 3. The maximum absolute atomic E-state index is 14.6. The highest BCUT2D eigenvalue weighted by Gasteiger charge is 2.22. The summed E-state index contributed by atoms with van der Waals surface area (Å²) in [5, 5.41) is 24.8. The Morgan fingerprint density at radius 2 is 1.79 bits per heavy atom. The average Bonchev–Trinajstić information content (AvgIpc) is 3.08. The van der Waals surface area contributed by atoms with Crippen molar-refractivity contribution in [3.63, 3.8) is 0 Å². The van der Waals surface area contributed by atoms with Crippen molar-refractivity contribution in [3.8, 4) is 11.3 Å². The predicted octanol–water partition coefficient (Wildman–Crippen LogP) is 2.22. The fourth-order valence-electron chi connectivity index (χ4n) is 2.75. The number of carbonyl (C=O) groups excluding carboxylic acids is 1. The molecule has 1 amide bonds. The molecule has 3 N–H and O–H groups in total. The zero-order chi connectivity index (χ0) is 21.1. The summed E-state index contributed by atoms with van der Waals surface area (Å²) >= 11 is 0. The van der Waals surface area contributed by atoms with Gasteiger partial charge < -0.3 is 15.5 Å². The topological polar surface area (TPSA) is 100 Å². The number of rotatable bonds is 6. The number of carbonyl (C=O) groups is 1. The molecule has 0 spiro atoms. The molecule has 2 aromatic heterocycles. The molecule has 0 saturated carbocycles. The molecule has 0 aliphatic rings. The highest BCUT2D eigenvalue weighted by atomic mass is 19.1. The second kappa shape index (κ2) is 8.41. The molecule has 0 unspecified atom stereocenters. The van der Waals surface area contributed by atoms with Crippen molar-refractivity contribution in [1.29, 1.82) is 0 Å². The Labute approximate surface area is 163 Å². The van der Waals surface area contributed by atoms with Crippen LogP contribution in [0, 0.1) is 17.5 Å². The van der Waals surface area contributed by atoms with E-state index in [0.29, 0.717) is 5.69 Å². The summed E-state index contributed by atoms with van der Waals surface area (Å²) < 4.78 is 44.9. The number of halogens is 3. The van der Waals surface area contributed by atoms with Crippen LogP contribution in [0.2, 0.25) is 0 Å². The predicted molar refractivity (Wildman–Crippen MR) is 97.6 cm³/mol. The monoisotopic (exact) mass is 406 g/mol. The third-order valence-electron chi connectivity index (χ3n) is 4.25. The standard InChI is InChI=1S/C19H17F3N4O3/c1-26-7-12(6-23-26)24-19(29)16-3-2-13(20)18(25-16)17-14(21)4-10(5-15(17)22)11(8-27)9-28/h2-7,11,27-28H,8-9H2,1H3,(H,24,29). The molecule has 3 rings (SSSR count). The lowest BCUT2D eigenvalue weighted by molar-refractivity contribution is 0.102. The van der Waals surface area contributed by atoms with Crippen molar-refractivity contribution < 1.29 is 28.2 Å². The Kier molecular flexibility index (Phi) is 5.95. The molecule has 3 aromatic rings. The highest BCUT2D eigenvalue weighted by Crippen LogP contribution is 2.30. The fourth-order valence-corrected chi connectivity index (χ4v) is 2.75. The largest absolute Gasteiger partial charge is 0.396 e. The van der Waals surface area contributed by atoms with Gasteiger partial charge in [-0.15, -0.1) is 0 Å². The average molecular weight is 406 g/mol. The molecule has 0 radical (unpaired) electrons. The summed E-state index contributed by atoms with van der Waals surface area (Å²) in [6.07, 6.45) is 2.91. The second-order valence-corrected chi connectivity index (χ2v) is 6.31. The Bertz CT molecular complexity index is 1030. The molecule has 2 heterocycles. The molecule has 1 aromatic carbocycles. The summed E-state index contributed by atoms with van der Waals surface area (Å²) in [6.45, 7) is -1.04. The zero-order valence-corrected chi connectivity index (χ0v) is 15.2. The number of hydrogen-bond donors (Lipinski definition) is 3. The van der Waals surface area contributed by atoms with E-state index in [4.69, 9.17) is 0 Å². The van der Waals surface area contributed by atoms with Gasteiger partial charge in [0.1, 0.15) is 28.8 Å². The van der Waals surface area contributed by atoms with Gasteiger partial charge in [0.15, 0.2) is 0 Å². The van der Waals surface area contributed by atoms with E-state index in [-0.39, 0.29) is 11.3 Å². The van der Waals surface area contributed by atoms with Crippen LogP contribution in [0.5, 0.6) is 0 Å². The molecular formula is C19H17F3N4O3. The quantitative estimate of drug-likeness (QED) is 0.583. The lowest BCUT2D eigenvalue weighted by Gasteiger charge is -2.14. The van der Waals surface area contributed by atoms with E-state index in [1.54, 1.807) is 7.05 Å². The van der Waals surface area contributed by atoms with Crippen molar-refractivity contribution in [2.75, 3.05) is 18.5 Å². The summed E-state index contributed by atoms with van der Waals surface area (Å²) in [7, 11) is 1.65.